The zero-order chi connectivity index (χ0) is 11.1. The number of carbonyl (C=O) groups excluding carboxylic acids is 1. The number of halogens is 2. The molecule has 1 saturated carbocycles. The molecule has 5 heteroatoms. The van der Waals surface area contributed by atoms with Crippen LogP contribution in [-0.4, -0.2) is 25.0 Å². The number of nitrogens with one attached hydrogen (secondary N) is 2. The molecule has 1 amide bonds. The molecule has 0 spiro atoms. The zero-order valence-electron chi connectivity index (χ0n) is 9.15. The Hall–Kier alpha value is -0.580. The molecule has 92 valence electrons. The second-order valence-corrected chi connectivity index (χ2v) is 5.41. The van der Waals surface area contributed by atoms with Crippen LogP contribution in [0, 0.1) is 11.8 Å². The van der Waals surface area contributed by atoms with Crippen LogP contribution in [0.15, 0.2) is 28.7 Å². The van der Waals surface area contributed by atoms with Gasteiger partial charge in [-0.2, -0.15) is 0 Å². The minimum absolute atomic E-state index is 0. The number of fused-ring (bicyclic) bond motifs is 1. The minimum Gasteiger partial charge on any atom is -0.349 e. The Morgan fingerprint density at radius 2 is 1.82 bits per heavy atom. The van der Waals surface area contributed by atoms with Crippen LogP contribution < -0.4 is 10.6 Å². The van der Waals surface area contributed by atoms with Gasteiger partial charge in [0.05, 0.1) is 0 Å². The molecule has 1 saturated heterocycles. The van der Waals surface area contributed by atoms with Crippen molar-refractivity contribution in [1.29, 1.82) is 0 Å². The van der Waals surface area contributed by atoms with Gasteiger partial charge in [-0.05, 0) is 36.1 Å². The molecule has 0 bridgehead atoms. The van der Waals surface area contributed by atoms with Gasteiger partial charge in [0.25, 0.3) is 5.91 Å². The van der Waals surface area contributed by atoms with Gasteiger partial charge >= 0.3 is 0 Å². The highest BCUT2D eigenvalue weighted by Gasteiger charge is 2.53. The normalized spacial score (nSPS) is 29.1. The molecule has 1 aliphatic heterocycles. The summed E-state index contributed by atoms with van der Waals surface area (Å²) in [7, 11) is 0. The lowest BCUT2D eigenvalue weighted by atomic mass is 10.2. The van der Waals surface area contributed by atoms with Gasteiger partial charge in [0, 0.05) is 29.2 Å². The van der Waals surface area contributed by atoms with Crippen LogP contribution in [-0.2, 0) is 0 Å². The predicted molar refractivity (Wildman–Crippen MR) is 72.5 cm³/mol. The summed E-state index contributed by atoms with van der Waals surface area (Å²) in [4.78, 5) is 11.9. The lowest BCUT2D eigenvalue weighted by Crippen LogP contribution is -2.32. The first-order chi connectivity index (χ1) is 7.75. The van der Waals surface area contributed by atoms with E-state index < -0.39 is 0 Å². The summed E-state index contributed by atoms with van der Waals surface area (Å²) in [5, 5.41) is 6.41. The van der Waals surface area contributed by atoms with E-state index in [1.165, 1.54) is 0 Å². The van der Waals surface area contributed by atoms with E-state index in [0.717, 1.165) is 23.1 Å². The summed E-state index contributed by atoms with van der Waals surface area (Å²) in [6, 6.07) is 7.87. The third-order valence-electron chi connectivity index (χ3n) is 3.50. The molecule has 0 radical (unpaired) electrons. The standard InChI is InChI=1S/C12H13BrN2O.ClH/c13-8-3-1-7(2-4-8)12(16)15-11-9-5-14-6-10(9)11;/h1-4,9-11,14H,5-6H2,(H,15,16);1H. The summed E-state index contributed by atoms with van der Waals surface area (Å²) in [6.45, 7) is 2.10. The van der Waals surface area contributed by atoms with Crippen LogP contribution in [0.3, 0.4) is 0 Å². The van der Waals surface area contributed by atoms with E-state index in [1.807, 2.05) is 24.3 Å². The summed E-state index contributed by atoms with van der Waals surface area (Å²) in [6.07, 6.45) is 0. The molecule has 2 aliphatic rings. The van der Waals surface area contributed by atoms with E-state index in [9.17, 15) is 4.79 Å². The van der Waals surface area contributed by atoms with Crippen molar-refractivity contribution in [2.45, 2.75) is 6.04 Å². The lowest BCUT2D eigenvalue weighted by Gasteiger charge is -2.07. The highest BCUT2D eigenvalue weighted by atomic mass is 79.9. The maximum absolute atomic E-state index is 11.9. The first kappa shape index (κ1) is 12.9. The number of piperidine rings is 1. The highest BCUT2D eigenvalue weighted by Crippen LogP contribution is 2.41. The van der Waals surface area contributed by atoms with Crippen LogP contribution >= 0.6 is 28.3 Å². The van der Waals surface area contributed by atoms with Crippen molar-refractivity contribution in [3.05, 3.63) is 34.3 Å². The van der Waals surface area contributed by atoms with Gasteiger partial charge in [-0.3, -0.25) is 4.79 Å². The molecular weight excluding hydrogens is 304 g/mol. The van der Waals surface area contributed by atoms with E-state index in [0.29, 0.717) is 17.9 Å². The molecule has 2 unspecified atom stereocenters. The van der Waals surface area contributed by atoms with E-state index in [2.05, 4.69) is 26.6 Å². The predicted octanol–water partition coefficient (Wildman–Crippen LogP) is 1.82. The van der Waals surface area contributed by atoms with Gasteiger partial charge < -0.3 is 10.6 Å². The molecule has 2 fully saturated rings. The van der Waals surface area contributed by atoms with Crippen LogP contribution in [0.1, 0.15) is 10.4 Å². The molecule has 1 aliphatic carbocycles. The highest BCUT2D eigenvalue weighted by molar-refractivity contribution is 9.10. The van der Waals surface area contributed by atoms with E-state index in [1.54, 1.807) is 0 Å². The Morgan fingerprint density at radius 3 is 2.41 bits per heavy atom. The average Bonchev–Trinajstić information content (AvgIpc) is 2.75. The number of amides is 1. The van der Waals surface area contributed by atoms with Crippen molar-refractivity contribution in [1.82, 2.24) is 10.6 Å². The molecular formula is C12H14BrClN2O. The van der Waals surface area contributed by atoms with Crippen molar-refractivity contribution >= 4 is 34.2 Å². The molecule has 0 aromatic heterocycles. The van der Waals surface area contributed by atoms with E-state index in [-0.39, 0.29) is 18.3 Å². The maximum Gasteiger partial charge on any atom is 0.251 e. The lowest BCUT2D eigenvalue weighted by molar-refractivity contribution is 0.0946. The monoisotopic (exact) mass is 316 g/mol. The third kappa shape index (κ3) is 2.49. The first-order valence-corrected chi connectivity index (χ1v) is 6.32. The fourth-order valence-electron chi connectivity index (χ4n) is 2.47. The molecule has 1 aromatic carbocycles. The SMILES string of the molecule is Cl.O=C(NC1C2CNCC21)c1ccc(Br)cc1. The van der Waals surface area contributed by atoms with Gasteiger partial charge in [-0.15, -0.1) is 12.4 Å². The Bertz CT molecular complexity index is 413. The number of rotatable bonds is 2. The van der Waals surface area contributed by atoms with Gasteiger partial charge in [0.1, 0.15) is 0 Å². The zero-order valence-corrected chi connectivity index (χ0v) is 11.6. The average molecular weight is 318 g/mol. The molecule has 2 atom stereocenters. The number of hydrogen-bond donors (Lipinski definition) is 2. The Kier molecular flexibility index (Phi) is 3.76. The second kappa shape index (κ2) is 4.96. The molecule has 3 rings (SSSR count). The fraction of sp³-hybridized carbons (Fsp3) is 0.417. The van der Waals surface area contributed by atoms with Crippen LogP contribution in [0.4, 0.5) is 0 Å². The molecule has 2 N–H and O–H groups in total. The second-order valence-electron chi connectivity index (χ2n) is 4.49. The Morgan fingerprint density at radius 1 is 1.24 bits per heavy atom. The fourth-order valence-corrected chi connectivity index (χ4v) is 2.73. The summed E-state index contributed by atoms with van der Waals surface area (Å²) < 4.78 is 0.997. The van der Waals surface area contributed by atoms with Crippen LogP contribution in [0.5, 0.6) is 0 Å². The number of hydrogen-bond acceptors (Lipinski definition) is 2. The van der Waals surface area contributed by atoms with Crippen molar-refractivity contribution in [3.8, 4) is 0 Å². The van der Waals surface area contributed by atoms with Crippen molar-refractivity contribution in [2.24, 2.45) is 11.8 Å². The topological polar surface area (TPSA) is 41.1 Å². The van der Waals surface area contributed by atoms with Gasteiger partial charge in [-0.25, -0.2) is 0 Å². The van der Waals surface area contributed by atoms with Crippen LogP contribution in [0.2, 0.25) is 0 Å². The van der Waals surface area contributed by atoms with E-state index >= 15 is 0 Å². The molecule has 1 heterocycles. The Balaban J connectivity index is 0.00000108. The summed E-state index contributed by atoms with van der Waals surface area (Å²) in [5.41, 5.74) is 0.737. The van der Waals surface area contributed by atoms with E-state index in [4.69, 9.17) is 0 Å². The van der Waals surface area contributed by atoms with Crippen molar-refractivity contribution in [2.75, 3.05) is 13.1 Å². The van der Waals surface area contributed by atoms with Gasteiger partial charge in [0.15, 0.2) is 0 Å². The third-order valence-corrected chi connectivity index (χ3v) is 4.02. The largest absolute Gasteiger partial charge is 0.349 e. The van der Waals surface area contributed by atoms with Gasteiger partial charge in [-0.1, -0.05) is 15.9 Å². The van der Waals surface area contributed by atoms with Crippen molar-refractivity contribution in [3.63, 3.8) is 0 Å². The smallest absolute Gasteiger partial charge is 0.251 e. The molecule has 17 heavy (non-hydrogen) atoms. The number of benzene rings is 1. The van der Waals surface area contributed by atoms with Gasteiger partial charge in [0.2, 0.25) is 0 Å². The summed E-state index contributed by atoms with van der Waals surface area (Å²) in [5.74, 6) is 1.38. The maximum atomic E-state index is 11.9. The Labute approximate surface area is 115 Å². The van der Waals surface area contributed by atoms with Crippen molar-refractivity contribution < 1.29 is 4.79 Å². The summed E-state index contributed by atoms with van der Waals surface area (Å²) >= 11 is 3.36. The number of carbonyl (C=O) groups is 1. The van der Waals surface area contributed by atoms with Crippen LogP contribution in [0.25, 0.3) is 0 Å². The minimum atomic E-state index is 0. The quantitative estimate of drug-likeness (QED) is 0.873. The molecule has 1 aromatic rings. The first-order valence-electron chi connectivity index (χ1n) is 5.53. The molecule has 3 nitrogen and oxygen atoms in total.